The Labute approximate surface area is 163 Å². The van der Waals surface area contributed by atoms with E-state index in [2.05, 4.69) is 10.3 Å². The van der Waals surface area contributed by atoms with E-state index < -0.39 is 0 Å². The first-order chi connectivity index (χ1) is 13.6. The second kappa shape index (κ2) is 8.99. The molecule has 0 saturated heterocycles. The van der Waals surface area contributed by atoms with Gasteiger partial charge in [-0.1, -0.05) is 30.3 Å². The predicted molar refractivity (Wildman–Crippen MR) is 108 cm³/mol. The number of nitrogens with one attached hydrogen (secondary N) is 1. The number of hydrogen-bond donors (Lipinski definition) is 1. The molecule has 1 amide bonds. The summed E-state index contributed by atoms with van der Waals surface area (Å²) in [6.45, 7) is 4.35. The lowest BCUT2D eigenvalue weighted by Crippen LogP contribution is -2.33. The third-order valence-electron chi connectivity index (χ3n) is 4.33. The number of nitrogens with zero attached hydrogens (tertiary/aromatic N) is 2. The van der Waals surface area contributed by atoms with Crippen molar-refractivity contribution in [2.24, 2.45) is 0 Å². The highest BCUT2D eigenvalue weighted by molar-refractivity contribution is 5.76. The third kappa shape index (κ3) is 4.85. The van der Waals surface area contributed by atoms with Gasteiger partial charge in [-0.2, -0.15) is 0 Å². The lowest BCUT2D eigenvalue weighted by atomic mass is 10.1. The molecular weight excluding hydrogens is 354 g/mol. The van der Waals surface area contributed by atoms with E-state index >= 15 is 0 Å². The molecule has 0 radical (unpaired) electrons. The van der Waals surface area contributed by atoms with Crippen molar-refractivity contribution in [2.75, 3.05) is 6.61 Å². The number of ether oxygens (including phenoxy) is 1. The van der Waals surface area contributed by atoms with Gasteiger partial charge in [0, 0.05) is 11.6 Å². The van der Waals surface area contributed by atoms with Crippen LogP contribution in [0.3, 0.4) is 0 Å². The fourth-order valence-corrected chi connectivity index (χ4v) is 2.86. The van der Waals surface area contributed by atoms with Crippen LogP contribution in [0.1, 0.15) is 25.5 Å². The van der Waals surface area contributed by atoms with E-state index in [4.69, 9.17) is 4.74 Å². The Morgan fingerprint density at radius 3 is 2.50 bits per heavy atom. The number of carbonyl (C=O) groups excluding carboxylic acids is 1. The van der Waals surface area contributed by atoms with Gasteiger partial charge >= 0.3 is 0 Å². The molecule has 144 valence electrons. The first-order valence-corrected chi connectivity index (χ1v) is 9.21. The van der Waals surface area contributed by atoms with Gasteiger partial charge in [0.25, 0.3) is 5.56 Å². The summed E-state index contributed by atoms with van der Waals surface area (Å²) in [7, 11) is 0. The number of rotatable bonds is 7. The molecule has 6 nitrogen and oxygen atoms in total. The topological polar surface area (TPSA) is 73.2 Å². The Morgan fingerprint density at radius 2 is 1.86 bits per heavy atom. The first kappa shape index (κ1) is 19.4. The maximum atomic E-state index is 12.4. The zero-order valence-electron chi connectivity index (χ0n) is 16.0. The Hall–Kier alpha value is -3.41. The second-order valence-electron chi connectivity index (χ2n) is 6.40. The van der Waals surface area contributed by atoms with Crippen molar-refractivity contribution in [3.63, 3.8) is 0 Å². The van der Waals surface area contributed by atoms with Crippen molar-refractivity contribution >= 4 is 5.91 Å². The maximum absolute atomic E-state index is 12.4. The van der Waals surface area contributed by atoms with Crippen LogP contribution in [0.5, 0.6) is 5.75 Å². The van der Waals surface area contributed by atoms with Crippen LogP contribution in [0.2, 0.25) is 0 Å². The third-order valence-corrected chi connectivity index (χ3v) is 4.33. The van der Waals surface area contributed by atoms with Crippen LogP contribution in [-0.4, -0.2) is 22.1 Å². The van der Waals surface area contributed by atoms with Crippen molar-refractivity contribution in [1.82, 2.24) is 14.9 Å². The number of hydrogen-bond acceptors (Lipinski definition) is 4. The summed E-state index contributed by atoms with van der Waals surface area (Å²) >= 11 is 0. The smallest absolute Gasteiger partial charge is 0.254 e. The lowest BCUT2D eigenvalue weighted by Gasteiger charge is -2.15. The molecule has 1 atom stereocenters. The second-order valence-corrected chi connectivity index (χ2v) is 6.40. The summed E-state index contributed by atoms with van der Waals surface area (Å²) in [6, 6.07) is 18.3. The summed E-state index contributed by atoms with van der Waals surface area (Å²) < 4.78 is 6.71. The van der Waals surface area contributed by atoms with Crippen molar-refractivity contribution in [2.45, 2.75) is 26.4 Å². The van der Waals surface area contributed by atoms with Crippen molar-refractivity contribution in [3.8, 4) is 17.0 Å². The van der Waals surface area contributed by atoms with E-state index in [-0.39, 0.29) is 24.1 Å². The van der Waals surface area contributed by atoms with E-state index in [1.54, 1.807) is 0 Å². The molecule has 28 heavy (non-hydrogen) atoms. The highest BCUT2D eigenvalue weighted by Crippen LogP contribution is 2.19. The molecule has 6 heteroatoms. The summed E-state index contributed by atoms with van der Waals surface area (Å²) in [5, 5.41) is 2.90. The quantitative estimate of drug-likeness (QED) is 0.686. The molecule has 1 unspecified atom stereocenters. The zero-order valence-corrected chi connectivity index (χ0v) is 16.0. The van der Waals surface area contributed by atoms with Crippen molar-refractivity contribution in [3.05, 3.63) is 82.9 Å². The molecule has 3 rings (SSSR count). The molecule has 0 aliphatic carbocycles. The minimum atomic E-state index is -0.276. The minimum Gasteiger partial charge on any atom is -0.494 e. The van der Waals surface area contributed by atoms with Gasteiger partial charge in [0.2, 0.25) is 5.91 Å². The number of amides is 1. The van der Waals surface area contributed by atoms with Gasteiger partial charge in [-0.25, -0.2) is 4.98 Å². The SMILES string of the molecule is CCOc1ccc(-c2cc(=O)n(CC(=O)NC(C)c3ccccc3)cn2)cc1. The van der Waals surface area contributed by atoms with Crippen LogP contribution in [0, 0.1) is 0 Å². The molecular formula is C22H23N3O3. The Kier molecular flexibility index (Phi) is 6.22. The largest absolute Gasteiger partial charge is 0.494 e. The average molecular weight is 377 g/mol. The fraction of sp³-hybridized carbons (Fsp3) is 0.227. The van der Waals surface area contributed by atoms with Gasteiger partial charge < -0.3 is 10.1 Å². The zero-order chi connectivity index (χ0) is 19.9. The van der Waals surface area contributed by atoms with Gasteiger partial charge in [0.1, 0.15) is 12.3 Å². The number of carbonyl (C=O) groups is 1. The van der Waals surface area contributed by atoms with E-state index in [1.165, 1.54) is 17.0 Å². The van der Waals surface area contributed by atoms with Crippen LogP contribution < -0.4 is 15.6 Å². The standard InChI is InChI=1S/C22H23N3O3/c1-3-28-19-11-9-18(10-12-19)20-13-22(27)25(15-23-20)14-21(26)24-16(2)17-7-5-4-6-8-17/h4-13,15-16H,3,14H2,1-2H3,(H,24,26). The highest BCUT2D eigenvalue weighted by Gasteiger charge is 2.11. The van der Waals surface area contributed by atoms with Gasteiger partial charge in [-0.15, -0.1) is 0 Å². The highest BCUT2D eigenvalue weighted by atomic mass is 16.5. The Bertz CT molecular complexity index is 982. The number of aromatic nitrogens is 2. The summed E-state index contributed by atoms with van der Waals surface area (Å²) in [5.41, 5.74) is 2.10. The minimum absolute atomic E-state index is 0.0768. The summed E-state index contributed by atoms with van der Waals surface area (Å²) in [5.74, 6) is 0.526. The van der Waals surface area contributed by atoms with Crippen LogP contribution in [-0.2, 0) is 11.3 Å². The Morgan fingerprint density at radius 1 is 1.14 bits per heavy atom. The summed E-state index contributed by atoms with van der Waals surface area (Å²) in [4.78, 5) is 29.0. The molecule has 1 aromatic heterocycles. The average Bonchev–Trinajstić information content (AvgIpc) is 2.71. The van der Waals surface area contributed by atoms with Crippen LogP contribution >= 0.6 is 0 Å². The molecule has 0 aliphatic heterocycles. The van der Waals surface area contributed by atoms with E-state index in [1.807, 2.05) is 68.4 Å². The predicted octanol–water partition coefficient (Wildman–Crippen LogP) is 3.19. The van der Waals surface area contributed by atoms with Gasteiger partial charge in [-0.3, -0.25) is 14.2 Å². The van der Waals surface area contributed by atoms with E-state index in [0.29, 0.717) is 12.3 Å². The van der Waals surface area contributed by atoms with Crippen LogP contribution in [0.15, 0.2) is 71.8 Å². The van der Waals surface area contributed by atoms with Crippen LogP contribution in [0.25, 0.3) is 11.3 Å². The monoisotopic (exact) mass is 377 g/mol. The molecule has 1 N–H and O–H groups in total. The molecule has 0 saturated carbocycles. The van der Waals surface area contributed by atoms with E-state index in [9.17, 15) is 9.59 Å². The molecule has 0 bridgehead atoms. The normalized spacial score (nSPS) is 11.6. The lowest BCUT2D eigenvalue weighted by molar-refractivity contribution is -0.122. The van der Waals surface area contributed by atoms with Gasteiger partial charge in [-0.05, 0) is 43.7 Å². The van der Waals surface area contributed by atoms with Gasteiger partial charge in [0.15, 0.2) is 0 Å². The van der Waals surface area contributed by atoms with E-state index in [0.717, 1.165) is 16.9 Å². The Balaban J connectivity index is 1.67. The number of benzene rings is 2. The van der Waals surface area contributed by atoms with Crippen molar-refractivity contribution in [1.29, 1.82) is 0 Å². The van der Waals surface area contributed by atoms with Crippen LogP contribution in [0.4, 0.5) is 0 Å². The van der Waals surface area contributed by atoms with Gasteiger partial charge in [0.05, 0.1) is 24.7 Å². The maximum Gasteiger partial charge on any atom is 0.254 e. The fourth-order valence-electron chi connectivity index (χ4n) is 2.86. The molecule has 0 spiro atoms. The summed E-state index contributed by atoms with van der Waals surface area (Å²) in [6.07, 6.45) is 1.40. The molecule has 1 heterocycles. The molecule has 3 aromatic rings. The molecule has 0 aliphatic rings. The van der Waals surface area contributed by atoms with Crippen molar-refractivity contribution < 1.29 is 9.53 Å². The molecule has 2 aromatic carbocycles. The molecule has 0 fully saturated rings. The first-order valence-electron chi connectivity index (χ1n) is 9.21.